The number of carbonyl (C=O) groups is 2. The van der Waals surface area contributed by atoms with Gasteiger partial charge in [-0.15, -0.1) is 0 Å². The summed E-state index contributed by atoms with van der Waals surface area (Å²) in [4.78, 5) is 32.4. The Morgan fingerprint density at radius 3 is 1.83 bits per heavy atom. The predicted molar refractivity (Wildman–Crippen MR) is 218 cm³/mol. The molecule has 0 bridgehead atoms. The third kappa shape index (κ3) is 13.2. The van der Waals surface area contributed by atoms with Crippen molar-refractivity contribution in [3.8, 4) is 17.2 Å². The van der Waals surface area contributed by atoms with E-state index in [2.05, 4.69) is 48.6 Å². The number of carbonyl (C=O) groups excluding carboxylic acids is 2. The van der Waals surface area contributed by atoms with Gasteiger partial charge in [-0.2, -0.15) is 0 Å². The highest BCUT2D eigenvalue weighted by molar-refractivity contribution is 6.00. The Morgan fingerprint density at radius 2 is 1.33 bits per heavy atom. The van der Waals surface area contributed by atoms with Gasteiger partial charge in [0.1, 0.15) is 17.2 Å². The Balaban J connectivity index is 0.000000442. The minimum Gasteiger partial charge on any atom is -0.422 e. The molecule has 0 atom stereocenters. The average molecular weight is 711 g/mol. The number of aromatic nitrogens is 2. The molecule has 0 unspecified atom stereocenters. The molecule has 0 saturated heterocycles. The molecule has 281 valence electrons. The summed E-state index contributed by atoms with van der Waals surface area (Å²) in [5.74, 6) is 1.31. The molecule has 0 fully saturated rings. The number of nitrogens with zero attached hydrogens (tertiary/aromatic N) is 1. The van der Waals surface area contributed by atoms with Crippen LogP contribution in [0.4, 0.5) is 4.79 Å². The van der Waals surface area contributed by atoms with Crippen molar-refractivity contribution in [3.63, 3.8) is 0 Å². The lowest BCUT2D eigenvalue weighted by Crippen LogP contribution is -2.15. The molecular weight excluding hydrogens is 651 g/mol. The molecule has 1 aliphatic rings. The van der Waals surface area contributed by atoms with Crippen molar-refractivity contribution < 1.29 is 26.7 Å². The quantitative estimate of drug-likeness (QED) is 0.0648. The maximum absolute atomic E-state index is 12.1. The van der Waals surface area contributed by atoms with Crippen molar-refractivity contribution in [1.82, 2.24) is 14.9 Å². The van der Waals surface area contributed by atoms with E-state index >= 15 is 0 Å². The highest BCUT2D eigenvalue weighted by atomic mass is 16.7. The van der Waals surface area contributed by atoms with E-state index in [1.807, 2.05) is 89.7 Å². The smallest absolute Gasteiger partial charge is 0.422 e. The van der Waals surface area contributed by atoms with Crippen molar-refractivity contribution in [2.24, 2.45) is 5.41 Å². The highest BCUT2D eigenvalue weighted by Crippen LogP contribution is 2.32. The van der Waals surface area contributed by atoms with Crippen LogP contribution in [0.2, 0.25) is 0 Å². The van der Waals surface area contributed by atoms with Gasteiger partial charge in [0.2, 0.25) is 0 Å². The fourth-order valence-electron chi connectivity index (χ4n) is 4.79. The van der Waals surface area contributed by atoms with Gasteiger partial charge in [0.15, 0.2) is 0 Å². The molecule has 2 aromatic heterocycles. The number of ether oxygens (including phenoxy) is 3. The van der Waals surface area contributed by atoms with Crippen molar-refractivity contribution in [2.45, 2.75) is 74.1 Å². The number of nitrogens with one attached hydrogen (secondary N) is 2. The molecule has 1 aliphatic carbocycles. The Morgan fingerprint density at radius 1 is 0.788 bits per heavy atom. The van der Waals surface area contributed by atoms with E-state index in [0.717, 1.165) is 53.2 Å². The molecule has 2 N–H and O–H groups in total. The molecule has 6 rings (SSSR count). The Bertz CT molecular complexity index is 1920. The molecule has 0 saturated carbocycles. The zero-order chi connectivity index (χ0) is 38.1. The summed E-state index contributed by atoms with van der Waals surface area (Å²) in [6, 6.07) is 20.2. The number of esters is 1. The zero-order valence-electron chi connectivity index (χ0n) is 32.3. The Hall–Kier alpha value is -5.08. The fraction of sp³-hybridized carbons (Fsp3) is 0.341. The Labute approximate surface area is 312 Å². The van der Waals surface area contributed by atoms with Crippen LogP contribution in [-0.2, 0) is 17.6 Å². The maximum Gasteiger partial charge on any atom is 0.519 e. The van der Waals surface area contributed by atoms with E-state index in [0.29, 0.717) is 28.2 Å². The number of H-pyrrole nitrogens is 2. The predicted octanol–water partition coefficient (Wildman–Crippen LogP) is 11.5. The van der Waals surface area contributed by atoms with Gasteiger partial charge in [-0.25, -0.2) is 9.59 Å². The monoisotopic (exact) mass is 710 g/mol. The lowest BCUT2D eigenvalue weighted by atomic mass is 9.94. The number of rotatable bonds is 10. The first-order chi connectivity index (χ1) is 25.0. The number of fused-ring (bicyclic) bond motifs is 2. The summed E-state index contributed by atoms with van der Waals surface area (Å²) in [5.41, 5.74) is 5.41. The average Bonchev–Trinajstić information content (AvgIpc) is 3.78. The maximum atomic E-state index is 12.1. The summed E-state index contributed by atoms with van der Waals surface area (Å²) in [6.07, 6.45) is 14.9. The molecule has 0 spiro atoms. The lowest BCUT2D eigenvalue weighted by Gasteiger charge is -2.12. The van der Waals surface area contributed by atoms with Gasteiger partial charge < -0.3 is 29.1 Å². The van der Waals surface area contributed by atoms with Crippen LogP contribution in [0.5, 0.6) is 17.2 Å². The van der Waals surface area contributed by atoms with E-state index in [4.69, 9.17) is 14.2 Å². The second kappa shape index (κ2) is 20.7. The molecule has 2 heterocycles. The molecule has 3 aromatic carbocycles. The van der Waals surface area contributed by atoms with Crippen molar-refractivity contribution in [3.05, 3.63) is 120 Å². The zero-order valence-corrected chi connectivity index (χ0v) is 32.3. The normalized spacial score (nSPS) is 11.8. The molecule has 5 aromatic rings. The van der Waals surface area contributed by atoms with Gasteiger partial charge >= 0.3 is 12.1 Å². The van der Waals surface area contributed by atoms with Crippen molar-refractivity contribution in [2.75, 3.05) is 20.6 Å². The number of hydrogen-bond acceptors (Lipinski definition) is 6. The van der Waals surface area contributed by atoms with Crippen LogP contribution in [-0.4, -0.2) is 47.6 Å². The summed E-state index contributed by atoms with van der Waals surface area (Å²) in [5, 5.41) is 1.93. The van der Waals surface area contributed by atoms with Crippen LogP contribution < -0.4 is 14.2 Å². The molecule has 1 radical (unpaired) electrons. The third-order valence-corrected chi connectivity index (χ3v) is 8.11. The third-order valence-electron chi connectivity index (χ3n) is 8.11. The van der Waals surface area contributed by atoms with Gasteiger partial charge in [-0.05, 0) is 93.2 Å². The number of benzene rings is 3. The summed E-state index contributed by atoms with van der Waals surface area (Å²) in [6.45, 7) is 15.9. The van der Waals surface area contributed by atoms with Crippen molar-refractivity contribution >= 4 is 33.9 Å². The topological polar surface area (TPSA) is 96.7 Å². The minimum atomic E-state index is -0.741. The van der Waals surface area contributed by atoms with Crippen LogP contribution in [0.25, 0.3) is 21.8 Å². The van der Waals surface area contributed by atoms with Gasteiger partial charge in [0, 0.05) is 55.6 Å². The SMILES string of the molecule is C/C=C/CCc1c[nH]c2cccc(OC(=O)Oc3ccccc3)c12.CC.CCC(C)(C)C.CN(C)CCc1c[nH]c2cccc(OC(=O)C3=C[CH]3)c12.[HH].[HH]. The molecule has 0 aliphatic heterocycles. The first-order valence-corrected chi connectivity index (χ1v) is 18.1. The summed E-state index contributed by atoms with van der Waals surface area (Å²) < 4.78 is 16.1. The van der Waals surface area contributed by atoms with E-state index in [9.17, 15) is 9.59 Å². The van der Waals surface area contributed by atoms with Gasteiger partial charge in [0.25, 0.3) is 0 Å². The molecule has 8 nitrogen and oxygen atoms in total. The molecule has 8 heteroatoms. The van der Waals surface area contributed by atoms with E-state index in [-0.39, 0.29) is 8.82 Å². The second-order valence-electron chi connectivity index (χ2n) is 13.5. The number of aromatic amines is 2. The fourth-order valence-corrected chi connectivity index (χ4v) is 4.79. The van der Waals surface area contributed by atoms with Gasteiger partial charge in [-0.1, -0.05) is 96.5 Å². The largest absolute Gasteiger partial charge is 0.519 e. The molecule has 52 heavy (non-hydrogen) atoms. The number of likely N-dealkylation sites (N-methyl/N-ethyl adjacent to an activating group) is 1. The standard InChI is InChI=1S/C20H19NO3.C16H17N2O2.C6H14.C2H6.2H2/c1-2-3-5-9-15-14-21-17-12-8-13-18(19(15)17)24-20(22)23-16-10-6-4-7-11-16;1-18(2)9-8-12-10-17-13-4-3-5-14(15(12)13)20-16(19)11-6-7-11;1-5-6(2,3)4;1-2;;/h2-4,6-8,10-14,21H,5,9H2,1H3;3-7,10,17H,8-9H2,1-2H3;5H2,1-4H3;1-2H3;2*1H/b3-2+;;;;;. The first-order valence-electron chi connectivity index (χ1n) is 18.1. The lowest BCUT2D eigenvalue weighted by molar-refractivity contribution is -0.129. The van der Waals surface area contributed by atoms with Gasteiger partial charge in [-0.3, -0.25) is 0 Å². The van der Waals surface area contributed by atoms with E-state index < -0.39 is 6.16 Å². The van der Waals surface area contributed by atoms with E-state index in [1.54, 1.807) is 42.8 Å². The van der Waals surface area contributed by atoms with Crippen LogP contribution in [0.15, 0.2) is 103 Å². The summed E-state index contributed by atoms with van der Waals surface area (Å²) >= 11 is 0. The number of para-hydroxylation sites is 1. The van der Waals surface area contributed by atoms with Crippen LogP contribution >= 0.6 is 0 Å². The van der Waals surface area contributed by atoms with Crippen LogP contribution in [0.1, 0.15) is 75.3 Å². The minimum absolute atomic E-state index is 0. The van der Waals surface area contributed by atoms with E-state index in [1.165, 1.54) is 12.0 Å². The number of aryl methyl sites for hydroxylation is 1. The van der Waals surface area contributed by atoms with Crippen LogP contribution in [0.3, 0.4) is 0 Å². The van der Waals surface area contributed by atoms with Crippen LogP contribution in [0, 0.1) is 11.8 Å². The first kappa shape index (κ1) is 41.3. The number of hydrogen-bond donors (Lipinski definition) is 2. The summed E-state index contributed by atoms with van der Waals surface area (Å²) in [7, 11) is 4.09. The highest BCUT2D eigenvalue weighted by Gasteiger charge is 2.21. The molecule has 0 amide bonds. The second-order valence-corrected chi connectivity index (χ2v) is 13.5. The molecular formula is C44H60N3O5. The Kier molecular flexibility index (Phi) is 16.4. The van der Waals surface area contributed by atoms with Gasteiger partial charge in [0.05, 0.1) is 0 Å². The van der Waals surface area contributed by atoms with Crippen molar-refractivity contribution in [1.29, 1.82) is 0 Å². The number of allylic oxidation sites excluding steroid dienone is 3.